The summed E-state index contributed by atoms with van der Waals surface area (Å²) in [5, 5.41) is 7.41. The second-order valence-corrected chi connectivity index (χ2v) is 7.03. The zero-order valence-corrected chi connectivity index (χ0v) is 12.9. The van der Waals surface area contributed by atoms with Gasteiger partial charge in [-0.3, -0.25) is 10.3 Å². The van der Waals surface area contributed by atoms with Gasteiger partial charge in [-0.1, -0.05) is 45.0 Å². The monoisotopic (exact) mass is 273 g/mol. The average molecular weight is 273 g/mol. The van der Waals surface area contributed by atoms with E-state index in [0.29, 0.717) is 5.41 Å². The Balaban J connectivity index is 1.88. The minimum atomic E-state index is 0.141. The Kier molecular flexibility index (Phi) is 4.48. The van der Waals surface area contributed by atoms with Crippen LogP contribution in [0.25, 0.3) is 0 Å². The van der Waals surface area contributed by atoms with Crippen LogP contribution >= 0.6 is 0 Å². The number of piperidine rings is 1. The first kappa shape index (κ1) is 15.0. The molecule has 1 heterocycles. The summed E-state index contributed by atoms with van der Waals surface area (Å²) in [6.45, 7) is 10.5. The molecule has 0 radical (unpaired) electrons. The van der Waals surface area contributed by atoms with E-state index in [9.17, 15) is 0 Å². The summed E-state index contributed by atoms with van der Waals surface area (Å²) in [5.41, 5.74) is 8.03. The van der Waals surface area contributed by atoms with Gasteiger partial charge in [0.05, 0.1) is 0 Å². The molecule has 1 aromatic rings. The lowest BCUT2D eigenvalue weighted by atomic mass is 9.75. The molecular weight excluding hydrogens is 246 g/mol. The van der Waals surface area contributed by atoms with Crippen LogP contribution < -0.4 is 5.73 Å². The highest BCUT2D eigenvalue weighted by atomic mass is 15.1. The molecule has 0 unspecified atom stereocenters. The first-order chi connectivity index (χ1) is 9.36. The molecule has 2 rings (SSSR count). The van der Waals surface area contributed by atoms with E-state index in [1.54, 1.807) is 0 Å². The van der Waals surface area contributed by atoms with Crippen LogP contribution in [0, 0.1) is 16.7 Å². The van der Waals surface area contributed by atoms with Gasteiger partial charge in [0.1, 0.15) is 5.84 Å². The lowest BCUT2D eigenvalue weighted by Crippen LogP contribution is -2.37. The highest BCUT2D eigenvalue weighted by Gasteiger charge is 2.28. The van der Waals surface area contributed by atoms with Gasteiger partial charge < -0.3 is 5.73 Å². The van der Waals surface area contributed by atoms with E-state index >= 15 is 0 Å². The van der Waals surface area contributed by atoms with E-state index in [1.165, 1.54) is 31.5 Å². The molecule has 1 saturated heterocycles. The fourth-order valence-corrected chi connectivity index (χ4v) is 3.01. The molecule has 0 amide bonds. The number of hydrogen-bond acceptors (Lipinski definition) is 2. The Morgan fingerprint density at radius 3 is 2.20 bits per heavy atom. The molecule has 0 atom stereocenters. The molecule has 20 heavy (non-hydrogen) atoms. The molecule has 1 fully saturated rings. The maximum Gasteiger partial charge on any atom is 0.122 e. The minimum absolute atomic E-state index is 0.141. The SMILES string of the molecule is CC(C)(C)C1CCN(Cc2ccc(C(=N)N)cc2)CC1. The van der Waals surface area contributed by atoms with Crippen molar-refractivity contribution in [2.45, 2.75) is 40.2 Å². The van der Waals surface area contributed by atoms with Gasteiger partial charge in [0.25, 0.3) is 0 Å². The Morgan fingerprint density at radius 2 is 1.75 bits per heavy atom. The highest BCUT2D eigenvalue weighted by molar-refractivity contribution is 5.94. The van der Waals surface area contributed by atoms with Crippen molar-refractivity contribution < 1.29 is 0 Å². The maximum atomic E-state index is 7.41. The number of nitrogens with two attached hydrogens (primary N) is 1. The minimum Gasteiger partial charge on any atom is -0.384 e. The van der Waals surface area contributed by atoms with E-state index in [-0.39, 0.29) is 5.84 Å². The van der Waals surface area contributed by atoms with Crippen molar-refractivity contribution in [1.82, 2.24) is 4.90 Å². The van der Waals surface area contributed by atoms with Crippen LogP contribution in [0.2, 0.25) is 0 Å². The van der Waals surface area contributed by atoms with Crippen molar-refractivity contribution in [3.8, 4) is 0 Å². The van der Waals surface area contributed by atoms with Crippen molar-refractivity contribution in [2.24, 2.45) is 17.1 Å². The highest BCUT2D eigenvalue weighted by Crippen LogP contribution is 2.34. The molecule has 0 saturated carbocycles. The fourth-order valence-electron chi connectivity index (χ4n) is 3.01. The Labute approximate surface area is 122 Å². The number of nitrogen functional groups attached to an aromatic ring is 1. The number of likely N-dealkylation sites (tertiary alicyclic amines) is 1. The molecule has 3 nitrogen and oxygen atoms in total. The van der Waals surface area contributed by atoms with Crippen molar-refractivity contribution in [3.63, 3.8) is 0 Å². The fraction of sp³-hybridized carbons (Fsp3) is 0.588. The summed E-state index contributed by atoms with van der Waals surface area (Å²) in [6, 6.07) is 8.07. The van der Waals surface area contributed by atoms with E-state index in [0.717, 1.165) is 18.0 Å². The van der Waals surface area contributed by atoms with Gasteiger partial charge in [-0.25, -0.2) is 0 Å². The van der Waals surface area contributed by atoms with E-state index in [1.807, 2.05) is 12.1 Å². The Bertz CT molecular complexity index is 448. The zero-order chi connectivity index (χ0) is 14.8. The van der Waals surface area contributed by atoms with E-state index in [4.69, 9.17) is 11.1 Å². The molecule has 0 aromatic heterocycles. The van der Waals surface area contributed by atoms with Gasteiger partial charge in [0, 0.05) is 12.1 Å². The van der Waals surface area contributed by atoms with Crippen molar-refractivity contribution in [1.29, 1.82) is 5.41 Å². The zero-order valence-electron chi connectivity index (χ0n) is 12.9. The van der Waals surface area contributed by atoms with Crippen LogP contribution in [0.5, 0.6) is 0 Å². The molecule has 1 aliphatic rings. The van der Waals surface area contributed by atoms with Gasteiger partial charge in [0.2, 0.25) is 0 Å². The average Bonchev–Trinajstić information content (AvgIpc) is 2.39. The predicted molar refractivity (Wildman–Crippen MR) is 84.9 cm³/mol. The van der Waals surface area contributed by atoms with Crippen LogP contribution in [0.1, 0.15) is 44.7 Å². The molecule has 1 aromatic carbocycles. The number of nitrogens with zero attached hydrogens (tertiary/aromatic N) is 1. The molecular formula is C17H27N3. The number of hydrogen-bond donors (Lipinski definition) is 2. The third-order valence-corrected chi connectivity index (χ3v) is 4.48. The standard InChI is InChI=1S/C17H27N3/c1-17(2,3)15-8-10-20(11-9-15)12-13-4-6-14(7-5-13)16(18)19/h4-7,15H,8-12H2,1-3H3,(H3,18,19). The molecule has 0 aliphatic carbocycles. The van der Waals surface area contributed by atoms with E-state index in [2.05, 4.69) is 37.8 Å². The van der Waals surface area contributed by atoms with Crippen molar-refractivity contribution in [3.05, 3.63) is 35.4 Å². The third kappa shape index (κ3) is 3.83. The van der Waals surface area contributed by atoms with Crippen LogP contribution in [0.15, 0.2) is 24.3 Å². The second-order valence-electron chi connectivity index (χ2n) is 7.03. The maximum absolute atomic E-state index is 7.41. The van der Waals surface area contributed by atoms with Crippen molar-refractivity contribution in [2.75, 3.05) is 13.1 Å². The first-order valence-corrected chi connectivity index (χ1v) is 7.52. The summed E-state index contributed by atoms with van der Waals surface area (Å²) in [5.74, 6) is 0.987. The van der Waals surface area contributed by atoms with Gasteiger partial charge in [0.15, 0.2) is 0 Å². The Hall–Kier alpha value is -1.35. The summed E-state index contributed by atoms with van der Waals surface area (Å²) in [4.78, 5) is 2.53. The smallest absolute Gasteiger partial charge is 0.122 e. The number of nitrogens with one attached hydrogen (secondary N) is 1. The van der Waals surface area contributed by atoms with E-state index < -0.39 is 0 Å². The molecule has 0 bridgehead atoms. The van der Waals surface area contributed by atoms with Crippen LogP contribution in [-0.2, 0) is 6.54 Å². The molecule has 1 aliphatic heterocycles. The van der Waals surface area contributed by atoms with Crippen LogP contribution in [0.3, 0.4) is 0 Å². The lowest BCUT2D eigenvalue weighted by molar-refractivity contribution is 0.108. The van der Waals surface area contributed by atoms with Gasteiger partial charge in [-0.05, 0) is 42.8 Å². The predicted octanol–water partition coefficient (Wildman–Crippen LogP) is 3.23. The second kappa shape index (κ2) is 5.96. The summed E-state index contributed by atoms with van der Waals surface area (Å²) < 4.78 is 0. The summed E-state index contributed by atoms with van der Waals surface area (Å²) in [7, 11) is 0. The van der Waals surface area contributed by atoms with Gasteiger partial charge in [-0.2, -0.15) is 0 Å². The molecule has 3 N–H and O–H groups in total. The topological polar surface area (TPSA) is 53.1 Å². The van der Waals surface area contributed by atoms with Crippen molar-refractivity contribution >= 4 is 5.84 Å². The summed E-state index contributed by atoms with van der Waals surface area (Å²) in [6.07, 6.45) is 2.60. The lowest BCUT2D eigenvalue weighted by Gasteiger charge is -2.38. The number of amidine groups is 1. The molecule has 110 valence electrons. The normalized spacial score (nSPS) is 18.1. The largest absolute Gasteiger partial charge is 0.384 e. The van der Waals surface area contributed by atoms with Gasteiger partial charge >= 0.3 is 0 Å². The molecule has 0 spiro atoms. The van der Waals surface area contributed by atoms with Crippen LogP contribution in [-0.4, -0.2) is 23.8 Å². The first-order valence-electron chi connectivity index (χ1n) is 7.52. The number of rotatable bonds is 3. The van der Waals surface area contributed by atoms with Gasteiger partial charge in [-0.15, -0.1) is 0 Å². The van der Waals surface area contributed by atoms with Crippen LogP contribution in [0.4, 0.5) is 0 Å². The Morgan fingerprint density at radius 1 is 1.20 bits per heavy atom. The quantitative estimate of drug-likeness (QED) is 0.656. The molecule has 3 heteroatoms. The third-order valence-electron chi connectivity index (χ3n) is 4.48. The number of benzene rings is 1. The summed E-state index contributed by atoms with van der Waals surface area (Å²) >= 11 is 0.